The highest BCUT2D eigenvalue weighted by atomic mass is 79.9. The van der Waals surface area contributed by atoms with Gasteiger partial charge in [0.05, 0.1) is 11.6 Å². The van der Waals surface area contributed by atoms with Gasteiger partial charge in [0.15, 0.2) is 0 Å². The first kappa shape index (κ1) is 14.8. The lowest BCUT2D eigenvalue weighted by atomic mass is 9.82. The van der Waals surface area contributed by atoms with Gasteiger partial charge < -0.3 is 4.74 Å². The molecule has 0 radical (unpaired) electrons. The lowest BCUT2D eigenvalue weighted by molar-refractivity contribution is 0.331. The molecule has 0 heterocycles. The second-order valence-electron chi connectivity index (χ2n) is 5.29. The molecule has 0 aromatic heterocycles. The topological polar surface area (TPSA) is 9.23 Å². The fraction of sp³-hybridized carbons (Fsp3) is 0.571. The molecule has 0 aliphatic heterocycles. The average molecular weight is 320 g/mol. The van der Waals surface area contributed by atoms with E-state index in [2.05, 4.69) is 41.9 Å². The normalized spacial score (nSPS) is 13.5. The summed E-state index contributed by atoms with van der Waals surface area (Å²) in [6, 6.07) is 6.24. The summed E-state index contributed by atoms with van der Waals surface area (Å²) in [6.45, 7) is 6.56. The van der Waals surface area contributed by atoms with Crippen molar-refractivity contribution in [3.8, 4) is 5.75 Å². The van der Waals surface area contributed by atoms with Crippen molar-refractivity contribution >= 4 is 27.5 Å². The van der Waals surface area contributed by atoms with Gasteiger partial charge in [0, 0.05) is 5.38 Å². The van der Waals surface area contributed by atoms with E-state index in [0.717, 1.165) is 23.1 Å². The molecule has 0 spiro atoms. The van der Waals surface area contributed by atoms with Crippen LogP contribution in [0.3, 0.4) is 0 Å². The van der Waals surface area contributed by atoms with Gasteiger partial charge in [0.1, 0.15) is 5.75 Å². The summed E-state index contributed by atoms with van der Waals surface area (Å²) in [6.07, 6.45) is 2.03. The highest BCUT2D eigenvalue weighted by molar-refractivity contribution is 9.10. The minimum absolute atomic E-state index is 0.215. The molecular formula is C14H20BrClO. The Bertz CT molecular complexity index is 374. The third-order valence-electron chi connectivity index (χ3n) is 2.73. The molecule has 1 nitrogen and oxygen atoms in total. The number of halogens is 2. The first-order valence-corrected chi connectivity index (χ1v) is 7.03. The SMILES string of the molecule is COc1ccc(CC(C)(C)CC(C)Cl)cc1Br. The molecule has 0 saturated carbocycles. The number of ether oxygens (including phenoxy) is 1. The maximum absolute atomic E-state index is 6.08. The first-order chi connectivity index (χ1) is 7.84. The van der Waals surface area contributed by atoms with E-state index in [1.54, 1.807) is 7.11 Å². The number of methoxy groups -OCH3 is 1. The quantitative estimate of drug-likeness (QED) is 0.691. The van der Waals surface area contributed by atoms with Gasteiger partial charge >= 0.3 is 0 Å². The number of hydrogen-bond donors (Lipinski definition) is 0. The zero-order valence-electron chi connectivity index (χ0n) is 10.9. The van der Waals surface area contributed by atoms with Crippen LogP contribution >= 0.6 is 27.5 Å². The maximum atomic E-state index is 6.08. The minimum atomic E-state index is 0.215. The Morgan fingerprint density at radius 1 is 1.41 bits per heavy atom. The largest absolute Gasteiger partial charge is 0.496 e. The molecule has 0 aliphatic carbocycles. The van der Waals surface area contributed by atoms with E-state index < -0.39 is 0 Å². The molecule has 3 heteroatoms. The van der Waals surface area contributed by atoms with E-state index in [4.69, 9.17) is 16.3 Å². The van der Waals surface area contributed by atoms with Crippen molar-refractivity contribution in [2.24, 2.45) is 5.41 Å². The van der Waals surface area contributed by atoms with Crippen molar-refractivity contribution in [2.75, 3.05) is 7.11 Å². The lowest BCUT2D eigenvalue weighted by Gasteiger charge is -2.26. The van der Waals surface area contributed by atoms with Crippen LogP contribution in [0.4, 0.5) is 0 Å². The molecule has 0 saturated heterocycles. The zero-order chi connectivity index (χ0) is 13.1. The molecule has 0 aliphatic rings. The highest BCUT2D eigenvalue weighted by Crippen LogP contribution is 2.32. The van der Waals surface area contributed by atoms with E-state index in [-0.39, 0.29) is 10.8 Å². The Kier molecular flexibility index (Phi) is 5.33. The fourth-order valence-electron chi connectivity index (χ4n) is 2.21. The molecule has 0 N–H and O–H groups in total. The summed E-state index contributed by atoms with van der Waals surface area (Å²) >= 11 is 9.59. The minimum Gasteiger partial charge on any atom is -0.496 e. The molecule has 1 aromatic carbocycles. The standard InChI is InChI=1S/C14H20BrClO/c1-10(16)8-14(2,3)9-11-5-6-13(17-4)12(15)7-11/h5-7,10H,8-9H2,1-4H3. The van der Waals surface area contributed by atoms with Gasteiger partial charge in [-0.1, -0.05) is 19.9 Å². The summed E-state index contributed by atoms with van der Waals surface area (Å²) in [5.74, 6) is 0.872. The lowest BCUT2D eigenvalue weighted by Crippen LogP contribution is -2.18. The Morgan fingerprint density at radius 2 is 2.06 bits per heavy atom. The average Bonchev–Trinajstić information content (AvgIpc) is 2.14. The number of benzene rings is 1. The number of rotatable bonds is 5. The molecule has 1 unspecified atom stereocenters. The van der Waals surface area contributed by atoms with Crippen LogP contribution in [0.1, 0.15) is 32.8 Å². The van der Waals surface area contributed by atoms with E-state index >= 15 is 0 Å². The molecule has 17 heavy (non-hydrogen) atoms. The first-order valence-electron chi connectivity index (χ1n) is 5.80. The van der Waals surface area contributed by atoms with Crippen LogP contribution in [0.15, 0.2) is 22.7 Å². The molecular weight excluding hydrogens is 300 g/mol. The third-order valence-corrected chi connectivity index (χ3v) is 3.51. The molecule has 0 bridgehead atoms. The molecule has 96 valence electrons. The van der Waals surface area contributed by atoms with Crippen LogP contribution in [0, 0.1) is 5.41 Å². The van der Waals surface area contributed by atoms with Crippen molar-refractivity contribution in [3.05, 3.63) is 28.2 Å². The van der Waals surface area contributed by atoms with Gasteiger partial charge in [-0.05, 0) is 58.8 Å². The summed E-state index contributed by atoms with van der Waals surface area (Å²) in [5, 5.41) is 0.215. The van der Waals surface area contributed by atoms with Crippen molar-refractivity contribution in [1.29, 1.82) is 0 Å². The summed E-state index contributed by atoms with van der Waals surface area (Å²) in [7, 11) is 1.68. The van der Waals surface area contributed by atoms with Gasteiger partial charge in [-0.2, -0.15) is 0 Å². The second-order valence-corrected chi connectivity index (χ2v) is 6.89. The molecule has 1 rings (SSSR count). The Hall–Kier alpha value is -0.210. The van der Waals surface area contributed by atoms with Crippen molar-refractivity contribution in [1.82, 2.24) is 0 Å². The Labute approximate surface area is 118 Å². The highest BCUT2D eigenvalue weighted by Gasteiger charge is 2.21. The summed E-state index contributed by atoms with van der Waals surface area (Å²) < 4.78 is 6.23. The van der Waals surface area contributed by atoms with Crippen LogP contribution in [0.5, 0.6) is 5.75 Å². The van der Waals surface area contributed by atoms with Crippen LogP contribution in [0.25, 0.3) is 0 Å². The molecule has 1 aromatic rings. The summed E-state index contributed by atoms with van der Waals surface area (Å²) in [5.41, 5.74) is 1.52. The van der Waals surface area contributed by atoms with E-state index in [9.17, 15) is 0 Å². The summed E-state index contributed by atoms with van der Waals surface area (Å²) in [4.78, 5) is 0. The van der Waals surface area contributed by atoms with Crippen LogP contribution in [-0.4, -0.2) is 12.5 Å². The van der Waals surface area contributed by atoms with Crippen molar-refractivity contribution < 1.29 is 4.74 Å². The van der Waals surface area contributed by atoms with Crippen molar-refractivity contribution in [3.63, 3.8) is 0 Å². The van der Waals surface area contributed by atoms with Crippen LogP contribution < -0.4 is 4.74 Å². The van der Waals surface area contributed by atoms with Crippen LogP contribution in [-0.2, 0) is 6.42 Å². The van der Waals surface area contributed by atoms with Gasteiger partial charge in [-0.3, -0.25) is 0 Å². The van der Waals surface area contributed by atoms with E-state index in [1.807, 2.05) is 13.0 Å². The molecule has 1 atom stereocenters. The second kappa shape index (κ2) is 6.10. The number of alkyl halides is 1. The van der Waals surface area contributed by atoms with Gasteiger partial charge in [0.2, 0.25) is 0 Å². The monoisotopic (exact) mass is 318 g/mol. The Balaban J connectivity index is 2.78. The third kappa shape index (κ3) is 4.89. The zero-order valence-corrected chi connectivity index (χ0v) is 13.2. The van der Waals surface area contributed by atoms with Gasteiger partial charge in [0.25, 0.3) is 0 Å². The van der Waals surface area contributed by atoms with Crippen molar-refractivity contribution in [2.45, 2.75) is 39.0 Å². The van der Waals surface area contributed by atoms with Crippen LogP contribution in [0.2, 0.25) is 0 Å². The predicted molar refractivity (Wildman–Crippen MR) is 78.1 cm³/mol. The smallest absolute Gasteiger partial charge is 0.133 e. The Morgan fingerprint density at radius 3 is 2.53 bits per heavy atom. The predicted octanol–water partition coefficient (Wildman–Crippen LogP) is 5.04. The maximum Gasteiger partial charge on any atom is 0.133 e. The van der Waals surface area contributed by atoms with Gasteiger partial charge in [-0.15, -0.1) is 11.6 Å². The van der Waals surface area contributed by atoms with E-state index in [0.29, 0.717) is 0 Å². The fourth-order valence-corrected chi connectivity index (χ4v) is 3.21. The van der Waals surface area contributed by atoms with E-state index in [1.165, 1.54) is 5.56 Å². The molecule has 0 amide bonds. The van der Waals surface area contributed by atoms with Gasteiger partial charge in [-0.25, -0.2) is 0 Å². The number of hydrogen-bond acceptors (Lipinski definition) is 1. The molecule has 0 fully saturated rings.